The van der Waals surface area contributed by atoms with E-state index in [1.165, 1.54) is 0 Å². The quantitative estimate of drug-likeness (QED) is 0.617. The molecule has 2 rings (SSSR count). The van der Waals surface area contributed by atoms with E-state index in [1.807, 2.05) is 55.5 Å². The van der Waals surface area contributed by atoms with Gasteiger partial charge in [-0.2, -0.15) is 0 Å². The van der Waals surface area contributed by atoms with Gasteiger partial charge < -0.3 is 0 Å². The van der Waals surface area contributed by atoms with E-state index in [-0.39, 0.29) is 11.5 Å². The fraction of sp³-hybridized carbons (Fsp3) is 0.188. The summed E-state index contributed by atoms with van der Waals surface area (Å²) in [6, 6.07) is 18.3. The van der Waals surface area contributed by atoms with E-state index in [1.54, 1.807) is 12.1 Å². The minimum atomic E-state index is -2.30. The highest BCUT2D eigenvalue weighted by atomic mass is 32.2. The number of hydrogen-bond acceptors (Lipinski definition) is 2. The Bertz CT molecular complexity index is 591. The number of hydrogen-bond donors (Lipinski definition) is 0. The summed E-state index contributed by atoms with van der Waals surface area (Å²) in [5.41, 5.74) is 0.625. The highest BCUT2D eigenvalue weighted by molar-refractivity contribution is 8.03. The number of benzene rings is 2. The molecule has 2 aromatic rings. The molecule has 0 aliphatic heterocycles. The molecule has 0 aliphatic rings. The molecule has 0 fully saturated rings. The van der Waals surface area contributed by atoms with E-state index < -0.39 is 9.93 Å². The molecule has 0 amide bonds. The third kappa shape index (κ3) is 3.18. The zero-order valence-electron chi connectivity index (χ0n) is 10.9. The van der Waals surface area contributed by atoms with Gasteiger partial charge in [0.2, 0.25) is 5.78 Å². The number of rotatable bonds is 5. The number of carbonyl (C=O) groups excluding carboxylic acids is 1. The van der Waals surface area contributed by atoms with Crippen LogP contribution >= 0.6 is 0 Å². The zero-order chi connectivity index (χ0) is 13.7. The number of carbonyl (C=O) groups is 1. The summed E-state index contributed by atoms with van der Waals surface area (Å²) in [5.74, 6) is 0.504. The lowest BCUT2D eigenvalue weighted by molar-refractivity contribution is 0.102. The minimum absolute atomic E-state index is 0.0590. The molecule has 2 aromatic carbocycles. The summed E-state index contributed by atoms with van der Waals surface area (Å²) < 4.78 is 12.9. The Balaban J connectivity index is 2.25. The molecular weight excluding hydrogens is 256 g/mol. The highest BCUT2D eigenvalue weighted by Crippen LogP contribution is 2.21. The lowest BCUT2D eigenvalue weighted by Gasteiger charge is -2.09. The molecule has 0 N–H and O–H groups in total. The van der Waals surface area contributed by atoms with Crippen LogP contribution in [-0.2, 0) is 14.1 Å². The van der Waals surface area contributed by atoms with Gasteiger partial charge in [0, 0.05) is 5.56 Å². The van der Waals surface area contributed by atoms with Crippen molar-refractivity contribution in [1.29, 1.82) is 0 Å². The molecular formula is C16H17O2S+. The molecule has 19 heavy (non-hydrogen) atoms. The van der Waals surface area contributed by atoms with Gasteiger partial charge in [0.25, 0.3) is 0 Å². The number of ketones is 1. The van der Waals surface area contributed by atoms with E-state index >= 15 is 0 Å². The molecule has 0 saturated carbocycles. The Morgan fingerprint density at radius 1 is 0.947 bits per heavy atom. The molecule has 0 spiro atoms. The van der Waals surface area contributed by atoms with E-state index in [2.05, 4.69) is 0 Å². The predicted octanol–water partition coefficient (Wildman–Crippen LogP) is 3.45. The van der Waals surface area contributed by atoms with Crippen molar-refractivity contribution in [3.8, 4) is 0 Å². The van der Waals surface area contributed by atoms with Gasteiger partial charge in [-0.15, -0.1) is 0 Å². The van der Waals surface area contributed by atoms with Gasteiger partial charge in [0.1, 0.15) is 15.7 Å². The van der Waals surface area contributed by atoms with Crippen molar-refractivity contribution >= 4 is 15.7 Å². The van der Waals surface area contributed by atoms with Crippen molar-refractivity contribution in [3.63, 3.8) is 0 Å². The molecule has 0 aliphatic carbocycles. The smallest absolute Gasteiger partial charge is 0.212 e. The van der Waals surface area contributed by atoms with Crippen LogP contribution in [0, 0.1) is 0 Å². The van der Waals surface area contributed by atoms with Crippen LogP contribution in [0.3, 0.4) is 0 Å². The molecule has 1 atom stereocenters. The fourth-order valence-corrected chi connectivity index (χ4v) is 3.89. The second-order valence-electron chi connectivity index (χ2n) is 4.35. The van der Waals surface area contributed by atoms with Crippen molar-refractivity contribution in [3.05, 3.63) is 66.2 Å². The zero-order valence-corrected chi connectivity index (χ0v) is 11.7. The second kappa shape index (κ2) is 5.93. The predicted molar refractivity (Wildman–Crippen MR) is 78.9 cm³/mol. The van der Waals surface area contributed by atoms with Gasteiger partial charge in [-0.1, -0.05) is 52.7 Å². The van der Waals surface area contributed by atoms with E-state index in [0.29, 0.717) is 11.3 Å². The molecule has 0 heterocycles. The van der Waals surface area contributed by atoms with Crippen molar-refractivity contribution in [2.45, 2.75) is 11.8 Å². The summed E-state index contributed by atoms with van der Waals surface area (Å²) in [6.45, 7) is 1.87. The maximum atomic E-state index is 12.9. The lowest BCUT2D eigenvalue weighted by atomic mass is 10.2. The van der Waals surface area contributed by atoms with Crippen LogP contribution in [0.15, 0.2) is 65.6 Å². The Morgan fingerprint density at radius 3 is 2.00 bits per heavy atom. The Hall–Kier alpha value is -1.74. The van der Waals surface area contributed by atoms with E-state index in [0.717, 1.165) is 4.90 Å². The molecule has 2 nitrogen and oxygen atoms in total. The van der Waals surface area contributed by atoms with E-state index in [9.17, 15) is 9.00 Å². The van der Waals surface area contributed by atoms with Crippen LogP contribution in [0.25, 0.3) is 0 Å². The second-order valence-corrected chi connectivity index (χ2v) is 7.31. The molecule has 3 heteroatoms. The third-order valence-electron chi connectivity index (χ3n) is 3.10. The summed E-state index contributed by atoms with van der Waals surface area (Å²) in [4.78, 5) is 13.0. The third-order valence-corrected chi connectivity index (χ3v) is 5.89. The Labute approximate surface area is 114 Å². The first-order chi connectivity index (χ1) is 9.15. The largest absolute Gasteiger partial charge is 0.289 e. The van der Waals surface area contributed by atoms with Gasteiger partial charge in [-0.3, -0.25) is 4.79 Å². The van der Waals surface area contributed by atoms with Gasteiger partial charge in [0.05, 0.1) is 0 Å². The van der Waals surface area contributed by atoms with Crippen molar-refractivity contribution in [2.24, 2.45) is 0 Å². The molecule has 0 saturated heterocycles. The number of Topliss-reactive ketones (excluding diaryl/α,β-unsaturated/α-hetero) is 1. The minimum Gasteiger partial charge on any atom is -0.289 e. The standard InChI is InChI=1S/C16H17O2S/c1-2-19(18,15-11-7-4-8-12-15)13-16(17)14-9-5-3-6-10-14/h3-12H,2,13H2,1H3/q+1. The summed E-state index contributed by atoms with van der Waals surface area (Å²) in [7, 11) is -2.30. The van der Waals surface area contributed by atoms with Crippen LogP contribution < -0.4 is 0 Å². The van der Waals surface area contributed by atoms with Gasteiger partial charge >= 0.3 is 0 Å². The molecule has 98 valence electrons. The lowest BCUT2D eigenvalue weighted by Crippen LogP contribution is -2.25. The van der Waals surface area contributed by atoms with Crippen LogP contribution in [0.5, 0.6) is 0 Å². The molecule has 0 bridgehead atoms. The first-order valence-corrected chi connectivity index (χ1v) is 8.18. The normalized spacial score (nSPS) is 13.7. The topological polar surface area (TPSA) is 34.1 Å². The van der Waals surface area contributed by atoms with Gasteiger partial charge in [0.15, 0.2) is 10.6 Å². The first-order valence-electron chi connectivity index (χ1n) is 6.28. The van der Waals surface area contributed by atoms with Gasteiger partial charge in [-0.05, 0) is 19.1 Å². The Morgan fingerprint density at radius 2 is 1.47 bits per heavy atom. The molecule has 0 radical (unpaired) electrons. The summed E-state index contributed by atoms with van der Waals surface area (Å²) in [6.07, 6.45) is 0. The molecule has 0 aromatic heterocycles. The van der Waals surface area contributed by atoms with Crippen LogP contribution in [0.4, 0.5) is 0 Å². The summed E-state index contributed by atoms with van der Waals surface area (Å²) >= 11 is 0. The van der Waals surface area contributed by atoms with E-state index in [4.69, 9.17) is 0 Å². The van der Waals surface area contributed by atoms with Crippen LogP contribution in [-0.4, -0.2) is 17.3 Å². The average molecular weight is 273 g/mol. The maximum Gasteiger partial charge on any atom is 0.212 e. The maximum absolute atomic E-state index is 12.9. The van der Waals surface area contributed by atoms with Crippen molar-refractivity contribution in [1.82, 2.24) is 0 Å². The monoisotopic (exact) mass is 273 g/mol. The molecule has 1 unspecified atom stereocenters. The van der Waals surface area contributed by atoms with Crippen molar-refractivity contribution in [2.75, 3.05) is 11.5 Å². The fourth-order valence-electron chi connectivity index (χ4n) is 1.94. The van der Waals surface area contributed by atoms with Gasteiger partial charge in [-0.25, -0.2) is 0 Å². The summed E-state index contributed by atoms with van der Waals surface area (Å²) in [5, 5.41) is 0. The average Bonchev–Trinajstić information content (AvgIpc) is 2.49. The Kier molecular flexibility index (Phi) is 4.27. The first kappa shape index (κ1) is 13.7. The highest BCUT2D eigenvalue weighted by Gasteiger charge is 2.32. The SMILES string of the molecule is CC[S+](=O)(CC(=O)c1ccccc1)c1ccccc1. The van der Waals surface area contributed by atoms with Crippen LogP contribution in [0.1, 0.15) is 17.3 Å². The van der Waals surface area contributed by atoms with Crippen LogP contribution in [0.2, 0.25) is 0 Å². The van der Waals surface area contributed by atoms with Crippen molar-refractivity contribution < 1.29 is 9.00 Å².